The maximum absolute atomic E-state index is 12.8. The molecule has 0 aliphatic carbocycles. The molecule has 0 aliphatic rings. The number of carbonyl (C=O) groups is 1. The van der Waals surface area contributed by atoms with Gasteiger partial charge in [-0.1, -0.05) is 6.07 Å². The summed E-state index contributed by atoms with van der Waals surface area (Å²) in [6.07, 6.45) is -0.397. The lowest BCUT2D eigenvalue weighted by atomic mass is 10.3. The number of hydrogen-bond acceptors (Lipinski definition) is 3. The average Bonchev–Trinajstić information content (AvgIpc) is 2.26. The molecule has 0 aromatic heterocycles. The zero-order valence-electron chi connectivity index (χ0n) is 9.65. The fraction of sp³-hybridized carbons (Fsp3) is 0.417. The summed E-state index contributed by atoms with van der Waals surface area (Å²) in [6.45, 7) is 1.98. The third-order valence-electron chi connectivity index (χ3n) is 1.99. The van der Waals surface area contributed by atoms with Crippen LogP contribution >= 0.6 is 0 Å². The zero-order valence-corrected chi connectivity index (χ0v) is 9.65. The van der Waals surface area contributed by atoms with Crippen LogP contribution in [-0.4, -0.2) is 30.3 Å². The number of carbonyl (C=O) groups excluding carboxylic acids is 1. The Morgan fingerprint density at radius 3 is 3.00 bits per heavy atom. The molecule has 1 rings (SSSR count). The van der Waals surface area contributed by atoms with Crippen LogP contribution in [0.4, 0.5) is 4.39 Å². The Hall–Kier alpha value is -1.62. The first kappa shape index (κ1) is 13.4. The minimum absolute atomic E-state index is 0.170. The van der Waals surface area contributed by atoms with Crippen LogP contribution in [0.15, 0.2) is 24.3 Å². The van der Waals surface area contributed by atoms with E-state index in [0.717, 1.165) is 0 Å². The molecule has 1 aromatic rings. The number of hydrogen-bond donors (Lipinski definition) is 2. The lowest BCUT2D eigenvalue weighted by molar-refractivity contribution is -0.122. The Morgan fingerprint density at radius 2 is 2.35 bits per heavy atom. The van der Waals surface area contributed by atoms with Gasteiger partial charge in [-0.3, -0.25) is 4.79 Å². The maximum atomic E-state index is 12.8. The van der Waals surface area contributed by atoms with Crippen LogP contribution < -0.4 is 10.1 Å². The van der Waals surface area contributed by atoms with Crippen molar-refractivity contribution in [3.63, 3.8) is 0 Å². The van der Waals surface area contributed by atoms with Crippen LogP contribution in [0.25, 0.3) is 0 Å². The molecule has 0 unspecified atom stereocenters. The second-order valence-electron chi connectivity index (χ2n) is 3.71. The van der Waals surface area contributed by atoms with Gasteiger partial charge in [-0.2, -0.15) is 0 Å². The molecule has 0 bridgehead atoms. The van der Waals surface area contributed by atoms with Gasteiger partial charge in [0, 0.05) is 12.6 Å². The highest BCUT2D eigenvalue weighted by atomic mass is 19.1. The number of halogens is 1. The van der Waals surface area contributed by atoms with Crippen molar-refractivity contribution in [3.05, 3.63) is 30.1 Å². The summed E-state index contributed by atoms with van der Waals surface area (Å²) in [5.74, 6) is -0.184. The first-order valence-electron chi connectivity index (χ1n) is 5.41. The Labute approximate surface area is 99.4 Å². The van der Waals surface area contributed by atoms with Crippen LogP contribution in [0, 0.1) is 5.82 Å². The molecule has 1 amide bonds. The normalized spacial score (nSPS) is 11.9. The number of rotatable bonds is 6. The van der Waals surface area contributed by atoms with Crippen molar-refractivity contribution in [1.29, 1.82) is 0 Å². The molecular weight excluding hydrogens is 225 g/mol. The van der Waals surface area contributed by atoms with Crippen molar-refractivity contribution in [2.24, 2.45) is 0 Å². The molecule has 94 valence electrons. The SMILES string of the molecule is C[C@@H](O)CNC(=O)CCOc1cccc(F)c1. The maximum Gasteiger partial charge on any atom is 0.223 e. The third kappa shape index (κ3) is 5.87. The second kappa shape index (κ2) is 6.85. The highest BCUT2D eigenvalue weighted by molar-refractivity contribution is 5.75. The first-order chi connectivity index (χ1) is 8.08. The van der Waals surface area contributed by atoms with Crippen molar-refractivity contribution < 1.29 is 19.0 Å². The summed E-state index contributed by atoms with van der Waals surface area (Å²) >= 11 is 0. The van der Waals surface area contributed by atoms with Gasteiger partial charge in [0.1, 0.15) is 11.6 Å². The molecule has 0 heterocycles. The van der Waals surface area contributed by atoms with Gasteiger partial charge in [0.05, 0.1) is 19.1 Å². The average molecular weight is 241 g/mol. The molecule has 2 N–H and O–H groups in total. The predicted octanol–water partition coefficient (Wildman–Crippen LogP) is 1.09. The number of benzene rings is 1. The molecule has 0 aliphatic heterocycles. The van der Waals surface area contributed by atoms with Crippen LogP contribution in [0.3, 0.4) is 0 Å². The summed E-state index contributed by atoms with van der Waals surface area (Å²) < 4.78 is 18.0. The Balaban J connectivity index is 2.21. The van der Waals surface area contributed by atoms with E-state index in [1.165, 1.54) is 18.2 Å². The molecule has 1 atom stereocenters. The molecule has 0 saturated carbocycles. The molecule has 0 fully saturated rings. The highest BCUT2D eigenvalue weighted by Gasteiger charge is 2.03. The predicted molar refractivity (Wildman–Crippen MR) is 61.2 cm³/mol. The number of aliphatic hydroxyl groups excluding tert-OH is 1. The number of aliphatic hydroxyl groups is 1. The minimum Gasteiger partial charge on any atom is -0.493 e. The Kier molecular flexibility index (Phi) is 5.42. The smallest absolute Gasteiger partial charge is 0.223 e. The number of nitrogens with one attached hydrogen (secondary N) is 1. The van der Waals surface area contributed by atoms with Crippen molar-refractivity contribution in [1.82, 2.24) is 5.32 Å². The Bertz CT molecular complexity index is 369. The van der Waals surface area contributed by atoms with Gasteiger partial charge < -0.3 is 15.2 Å². The molecule has 0 saturated heterocycles. The molecule has 0 radical (unpaired) electrons. The highest BCUT2D eigenvalue weighted by Crippen LogP contribution is 2.11. The van der Waals surface area contributed by atoms with Gasteiger partial charge in [-0.05, 0) is 19.1 Å². The van der Waals surface area contributed by atoms with Crippen molar-refractivity contribution >= 4 is 5.91 Å². The first-order valence-corrected chi connectivity index (χ1v) is 5.41. The van der Waals surface area contributed by atoms with E-state index >= 15 is 0 Å². The largest absolute Gasteiger partial charge is 0.493 e. The quantitative estimate of drug-likeness (QED) is 0.784. The molecular formula is C12H16FNO3. The van der Waals surface area contributed by atoms with Crippen LogP contribution in [0.2, 0.25) is 0 Å². The fourth-order valence-corrected chi connectivity index (χ4v) is 1.17. The summed E-state index contributed by atoms with van der Waals surface area (Å²) in [6, 6.07) is 5.74. The molecule has 0 spiro atoms. The van der Waals surface area contributed by atoms with Crippen molar-refractivity contribution in [2.45, 2.75) is 19.4 Å². The van der Waals surface area contributed by atoms with E-state index in [1.807, 2.05) is 0 Å². The summed E-state index contributed by atoms with van der Waals surface area (Å²) in [5, 5.41) is 11.5. The third-order valence-corrected chi connectivity index (χ3v) is 1.99. The van der Waals surface area contributed by atoms with Crippen molar-refractivity contribution in [3.8, 4) is 5.75 Å². The van der Waals surface area contributed by atoms with E-state index in [1.54, 1.807) is 13.0 Å². The zero-order chi connectivity index (χ0) is 12.7. The Morgan fingerprint density at radius 1 is 1.59 bits per heavy atom. The van der Waals surface area contributed by atoms with E-state index in [-0.39, 0.29) is 31.3 Å². The van der Waals surface area contributed by atoms with Gasteiger partial charge in [0.2, 0.25) is 5.91 Å². The van der Waals surface area contributed by atoms with Crippen LogP contribution in [0.5, 0.6) is 5.75 Å². The van der Waals surface area contributed by atoms with Crippen LogP contribution in [-0.2, 0) is 4.79 Å². The van der Waals surface area contributed by atoms with Gasteiger partial charge in [-0.25, -0.2) is 4.39 Å². The van der Waals surface area contributed by atoms with E-state index < -0.39 is 6.10 Å². The number of amides is 1. The minimum atomic E-state index is -0.567. The summed E-state index contributed by atoms with van der Waals surface area (Å²) in [4.78, 5) is 11.2. The summed E-state index contributed by atoms with van der Waals surface area (Å²) in [7, 11) is 0. The molecule has 17 heavy (non-hydrogen) atoms. The van der Waals surface area contributed by atoms with Gasteiger partial charge in [-0.15, -0.1) is 0 Å². The van der Waals surface area contributed by atoms with E-state index in [9.17, 15) is 9.18 Å². The van der Waals surface area contributed by atoms with E-state index in [0.29, 0.717) is 5.75 Å². The van der Waals surface area contributed by atoms with Crippen LogP contribution in [0.1, 0.15) is 13.3 Å². The lowest BCUT2D eigenvalue weighted by Gasteiger charge is -2.08. The van der Waals surface area contributed by atoms with Gasteiger partial charge in [0.25, 0.3) is 0 Å². The molecule has 5 heteroatoms. The van der Waals surface area contributed by atoms with Crippen molar-refractivity contribution in [2.75, 3.05) is 13.2 Å². The topological polar surface area (TPSA) is 58.6 Å². The lowest BCUT2D eigenvalue weighted by Crippen LogP contribution is -2.31. The molecule has 1 aromatic carbocycles. The standard InChI is InChI=1S/C12H16FNO3/c1-9(15)8-14-12(16)5-6-17-11-4-2-3-10(13)7-11/h2-4,7,9,15H,5-6,8H2,1H3,(H,14,16)/t9-/m1/s1. The second-order valence-corrected chi connectivity index (χ2v) is 3.71. The van der Waals surface area contributed by atoms with E-state index in [4.69, 9.17) is 9.84 Å². The van der Waals surface area contributed by atoms with Gasteiger partial charge in [0.15, 0.2) is 0 Å². The van der Waals surface area contributed by atoms with E-state index in [2.05, 4.69) is 5.32 Å². The monoisotopic (exact) mass is 241 g/mol. The number of ether oxygens (including phenoxy) is 1. The summed E-state index contributed by atoms with van der Waals surface area (Å²) in [5.41, 5.74) is 0. The molecule has 4 nitrogen and oxygen atoms in total. The fourth-order valence-electron chi connectivity index (χ4n) is 1.17. The van der Waals surface area contributed by atoms with Gasteiger partial charge >= 0.3 is 0 Å².